The number of rotatable bonds is 5. The van der Waals surface area contributed by atoms with Gasteiger partial charge < -0.3 is 20.3 Å². The third-order valence-corrected chi connectivity index (χ3v) is 5.03. The summed E-state index contributed by atoms with van der Waals surface area (Å²) in [5.41, 5.74) is 2.29. The third-order valence-electron chi connectivity index (χ3n) is 5.03. The number of amides is 3. The number of piperazine rings is 1. The van der Waals surface area contributed by atoms with Gasteiger partial charge in [-0.15, -0.1) is 0 Å². The first kappa shape index (κ1) is 22.4. The second kappa shape index (κ2) is 10.2. The maximum absolute atomic E-state index is 14.2. The number of ether oxygens (including phenoxy) is 1. The number of anilines is 2. The Kier molecular flexibility index (Phi) is 7.37. The van der Waals surface area contributed by atoms with Crippen LogP contribution < -0.4 is 10.6 Å². The van der Waals surface area contributed by atoms with Crippen molar-refractivity contribution in [3.05, 3.63) is 53.6 Å². The van der Waals surface area contributed by atoms with Gasteiger partial charge in [0, 0.05) is 45.5 Å². The van der Waals surface area contributed by atoms with Gasteiger partial charge in [0.1, 0.15) is 5.82 Å². The molecule has 0 radical (unpaired) electrons. The summed E-state index contributed by atoms with van der Waals surface area (Å²) in [6.07, 6.45) is 1.22. The minimum Gasteiger partial charge on any atom is -0.453 e. The van der Waals surface area contributed by atoms with Gasteiger partial charge in [0.05, 0.1) is 24.7 Å². The van der Waals surface area contributed by atoms with Crippen LogP contribution in [-0.4, -0.2) is 72.4 Å². The normalized spacial score (nSPS) is 14.4. The number of hydrogen-bond donors (Lipinski definition) is 2. The van der Waals surface area contributed by atoms with Crippen molar-refractivity contribution in [2.24, 2.45) is 0 Å². The monoisotopic (exact) mass is 430 g/mol. The molecule has 31 heavy (non-hydrogen) atoms. The molecule has 0 aliphatic carbocycles. The lowest BCUT2D eigenvalue weighted by Gasteiger charge is -2.39. The van der Waals surface area contributed by atoms with Gasteiger partial charge in [-0.3, -0.25) is 4.98 Å². The van der Waals surface area contributed by atoms with Crippen molar-refractivity contribution in [3.63, 3.8) is 0 Å². The number of aromatic nitrogens is 1. The van der Waals surface area contributed by atoms with Crippen LogP contribution in [0.5, 0.6) is 0 Å². The second-order valence-corrected chi connectivity index (χ2v) is 7.31. The van der Waals surface area contributed by atoms with E-state index in [0.717, 1.165) is 11.3 Å². The summed E-state index contributed by atoms with van der Waals surface area (Å²) in [6, 6.07) is 7.59. The first-order valence-corrected chi connectivity index (χ1v) is 9.93. The molecule has 1 aliphatic rings. The van der Waals surface area contributed by atoms with Crippen LogP contribution in [0.1, 0.15) is 11.3 Å². The Labute approximate surface area is 180 Å². The number of carbonyl (C=O) groups is 2. The minimum atomic E-state index is -0.547. The molecule has 166 valence electrons. The van der Waals surface area contributed by atoms with Crippen molar-refractivity contribution in [3.8, 4) is 0 Å². The Morgan fingerprint density at radius 3 is 2.55 bits per heavy atom. The van der Waals surface area contributed by atoms with E-state index in [1.165, 1.54) is 19.4 Å². The van der Waals surface area contributed by atoms with E-state index in [-0.39, 0.29) is 11.8 Å². The number of hydrogen-bond acceptors (Lipinski definition) is 6. The maximum Gasteiger partial charge on any atom is 0.409 e. The maximum atomic E-state index is 14.2. The molecule has 0 saturated carbocycles. The molecule has 1 saturated heterocycles. The molecule has 1 aliphatic heterocycles. The molecule has 1 aromatic carbocycles. The number of nitrogens with zero attached hydrogens (tertiary/aromatic N) is 4. The lowest BCUT2D eigenvalue weighted by molar-refractivity contribution is -0.0413. The topological polar surface area (TPSA) is 90.0 Å². The number of nitrogens with one attached hydrogen (secondary N) is 2. The van der Waals surface area contributed by atoms with Crippen molar-refractivity contribution >= 4 is 23.5 Å². The Morgan fingerprint density at radius 1 is 1.16 bits per heavy atom. The van der Waals surface area contributed by atoms with Crippen LogP contribution in [-0.2, 0) is 11.3 Å². The predicted molar refractivity (Wildman–Crippen MR) is 115 cm³/mol. The molecule has 3 rings (SSSR count). The van der Waals surface area contributed by atoms with Crippen molar-refractivity contribution in [2.75, 3.05) is 51.0 Å². The number of methoxy groups -OCH3 is 1. The quantitative estimate of drug-likeness (QED) is 0.758. The van der Waals surface area contributed by atoms with E-state index >= 15 is 0 Å². The van der Waals surface area contributed by atoms with E-state index < -0.39 is 11.8 Å². The SMILES string of the molecule is COC(=O)N1CCN(N(C)Cc2ccc(F)c(NC(=O)Nc3ccc(C)nc3)c2)CC1. The first-order chi connectivity index (χ1) is 14.9. The van der Waals surface area contributed by atoms with Gasteiger partial charge in [-0.25, -0.2) is 24.0 Å². The molecule has 1 aromatic heterocycles. The number of halogens is 1. The number of carbonyl (C=O) groups excluding carboxylic acids is 2. The Balaban J connectivity index is 1.57. The molecular formula is C21H27FN6O3. The molecule has 1 fully saturated rings. The largest absolute Gasteiger partial charge is 0.453 e. The summed E-state index contributed by atoms with van der Waals surface area (Å²) in [5, 5.41) is 9.32. The number of hydrazine groups is 1. The van der Waals surface area contributed by atoms with E-state index in [4.69, 9.17) is 4.74 Å². The van der Waals surface area contributed by atoms with Crippen LogP contribution >= 0.6 is 0 Å². The van der Waals surface area contributed by atoms with E-state index in [1.54, 1.807) is 29.2 Å². The smallest absolute Gasteiger partial charge is 0.409 e. The van der Waals surface area contributed by atoms with Gasteiger partial charge in [-0.1, -0.05) is 6.07 Å². The minimum absolute atomic E-state index is 0.0963. The number of pyridine rings is 1. The fourth-order valence-corrected chi connectivity index (χ4v) is 3.31. The molecular weight excluding hydrogens is 403 g/mol. The van der Waals surface area contributed by atoms with Gasteiger partial charge >= 0.3 is 12.1 Å². The van der Waals surface area contributed by atoms with E-state index in [2.05, 4.69) is 20.6 Å². The zero-order valence-corrected chi connectivity index (χ0v) is 17.9. The summed E-state index contributed by atoms with van der Waals surface area (Å²) in [5.74, 6) is -0.518. The third kappa shape index (κ3) is 6.12. The second-order valence-electron chi connectivity index (χ2n) is 7.31. The number of benzene rings is 1. The van der Waals surface area contributed by atoms with Crippen LogP contribution in [0.2, 0.25) is 0 Å². The Bertz CT molecular complexity index is 916. The Morgan fingerprint density at radius 2 is 1.90 bits per heavy atom. The highest BCUT2D eigenvalue weighted by molar-refractivity contribution is 5.99. The lowest BCUT2D eigenvalue weighted by Crippen LogP contribution is -2.53. The van der Waals surface area contributed by atoms with Crippen molar-refractivity contribution in [2.45, 2.75) is 13.5 Å². The fraction of sp³-hybridized carbons (Fsp3) is 0.381. The molecule has 2 aromatic rings. The van der Waals surface area contributed by atoms with Crippen molar-refractivity contribution < 1.29 is 18.7 Å². The van der Waals surface area contributed by atoms with Gasteiger partial charge in [0.15, 0.2) is 0 Å². The van der Waals surface area contributed by atoms with Crippen LogP contribution in [0.25, 0.3) is 0 Å². The highest BCUT2D eigenvalue weighted by Crippen LogP contribution is 2.19. The number of urea groups is 1. The highest BCUT2D eigenvalue weighted by Gasteiger charge is 2.23. The molecule has 0 unspecified atom stereocenters. The van der Waals surface area contributed by atoms with Crippen LogP contribution in [0.4, 0.5) is 25.4 Å². The van der Waals surface area contributed by atoms with Crippen LogP contribution in [0, 0.1) is 12.7 Å². The number of aryl methyl sites for hydroxylation is 1. The van der Waals surface area contributed by atoms with E-state index in [9.17, 15) is 14.0 Å². The molecule has 0 bridgehead atoms. The van der Waals surface area contributed by atoms with Crippen LogP contribution in [0.3, 0.4) is 0 Å². The van der Waals surface area contributed by atoms with Gasteiger partial charge in [0.2, 0.25) is 0 Å². The first-order valence-electron chi connectivity index (χ1n) is 9.93. The zero-order valence-electron chi connectivity index (χ0n) is 17.9. The molecule has 0 atom stereocenters. The zero-order chi connectivity index (χ0) is 22.4. The van der Waals surface area contributed by atoms with Gasteiger partial charge in [-0.2, -0.15) is 0 Å². The summed E-state index contributed by atoms with van der Waals surface area (Å²) < 4.78 is 19.0. The average molecular weight is 430 g/mol. The van der Waals surface area contributed by atoms with Gasteiger partial charge in [-0.05, 0) is 36.8 Å². The molecule has 2 N–H and O–H groups in total. The summed E-state index contributed by atoms with van der Waals surface area (Å²) in [7, 11) is 3.31. The molecule has 2 heterocycles. The molecule has 0 spiro atoms. The predicted octanol–water partition coefficient (Wildman–Crippen LogP) is 2.90. The molecule has 10 heteroatoms. The van der Waals surface area contributed by atoms with Crippen LogP contribution in [0.15, 0.2) is 36.5 Å². The van der Waals surface area contributed by atoms with E-state index in [1.807, 2.05) is 19.0 Å². The van der Waals surface area contributed by atoms with Crippen molar-refractivity contribution in [1.82, 2.24) is 19.9 Å². The van der Waals surface area contributed by atoms with Gasteiger partial charge in [0.25, 0.3) is 0 Å². The van der Waals surface area contributed by atoms with E-state index in [0.29, 0.717) is 38.4 Å². The Hall–Kier alpha value is -3.24. The lowest BCUT2D eigenvalue weighted by atomic mass is 10.2. The summed E-state index contributed by atoms with van der Waals surface area (Å²) in [4.78, 5) is 29.6. The fourth-order valence-electron chi connectivity index (χ4n) is 3.31. The molecule has 9 nitrogen and oxygen atoms in total. The molecule has 3 amide bonds. The highest BCUT2D eigenvalue weighted by atomic mass is 19.1. The summed E-state index contributed by atoms with van der Waals surface area (Å²) in [6.45, 7) is 4.86. The van der Waals surface area contributed by atoms with Crippen molar-refractivity contribution in [1.29, 1.82) is 0 Å². The average Bonchev–Trinajstić information content (AvgIpc) is 2.77. The standard InChI is InChI=1S/C21H27FN6O3/c1-15-4-6-17(13-23-15)24-20(29)25-19-12-16(5-7-18(19)22)14-26(2)28-10-8-27(9-11-28)21(30)31-3/h4-7,12-13H,8-11,14H2,1-3H3,(H2,24,25,29). The summed E-state index contributed by atoms with van der Waals surface area (Å²) >= 11 is 0.